The Morgan fingerprint density at radius 1 is 1.73 bits per heavy atom. The van der Waals surface area contributed by atoms with Crippen molar-refractivity contribution in [2.45, 2.75) is 0 Å². The van der Waals surface area contributed by atoms with Gasteiger partial charge in [-0.1, -0.05) is 0 Å². The molecule has 11 heavy (non-hydrogen) atoms. The largest absolute Gasteiger partial charge is 0.478 e. The van der Waals surface area contributed by atoms with Crippen LogP contribution in [0.5, 0.6) is 0 Å². The summed E-state index contributed by atoms with van der Waals surface area (Å²) in [7, 11) is 0. The number of rotatable bonds is 1. The van der Waals surface area contributed by atoms with E-state index in [1.165, 1.54) is 17.5 Å². The molecule has 0 unspecified atom stereocenters. The fraction of sp³-hybridized carbons (Fsp3) is 0. The van der Waals surface area contributed by atoms with Crippen molar-refractivity contribution in [3.05, 3.63) is 23.3 Å². The fourth-order valence-electron chi connectivity index (χ4n) is 0.874. The third kappa shape index (κ3) is 0.813. The van der Waals surface area contributed by atoms with Crippen molar-refractivity contribution in [2.24, 2.45) is 0 Å². The summed E-state index contributed by atoms with van der Waals surface area (Å²) in [5.74, 6) is -0.928. The first-order chi connectivity index (χ1) is 5.29. The maximum atomic E-state index is 10.5. The van der Waals surface area contributed by atoms with Gasteiger partial charge in [0, 0.05) is 11.6 Å². The number of aromatic nitrogens is 2. The van der Waals surface area contributed by atoms with Crippen LogP contribution in [-0.4, -0.2) is 20.7 Å². The highest BCUT2D eigenvalue weighted by molar-refractivity contribution is 7.15. The number of carbonyl (C=O) groups is 1. The van der Waals surface area contributed by atoms with Gasteiger partial charge in [0.2, 0.25) is 0 Å². The summed E-state index contributed by atoms with van der Waals surface area (Å²) in [6.07, 6.45) is 3.08. The Kier molecular flexibility index (Phi) is 1.19. The lowest BCUT2D eigenvalue weighted by Gasteiger charge is -1.82. The van der Waals surface area contributed by atoms with E-state index in [1.807, 2.05) is 0 Å². The van der Waals surface area contributed by atoms with Crippen LogP contribution in [0, 0.1) is 0 Å². The second-order valence-corrected chi connectivity index (χ2v) is 2.91. The number of hydrogen-bond donors (Lipinski definition) is 1. The maximum absolute atomic E-state index is 10.5. The van der Waals surface area contributed by atoms with Crippen LogP contribution in [0.15, 0.2) is 17.8 Å². The van der Waals surface area contributed by atoms with Crippen LogP contribution < -0.4 is 0 Å². The first-order valence-corrected chi connectivity index (χ1v) is 3.81. The van der Waals surface area contributed by atoms with Gasteiger partial charge in [0.25, 0.3) is 0 Å². The van der Waals surface area contributed by atoms with Crippen LogP contribution >= 0.6 is 11.3 Å². The number of nitrogens with zero attached hydrogens (tertiary/aromatic N) is 2. The molecule has 56 valence electrons. The molecule has 2 heterocycles. The van der Waals surface area contributed by atoms with Gasteiger partial charge in [-0.2, -0.15) is 5.10 Å². The average molecular weight is 168 g/mol. The molecular weight excluding hydrogens is 164 g/mol. The first kappa shape index (κ1) is 6.36. The molecule has 0 spiro atoms. The summed E-state index contributed by atoms with van der Waals surface area (Å²) in [5, 5.41) is 14.3. The van der Waals surface area contributed by atoms with E-state index in [-0.39, 0.29) is 5.56 Å². The standard InChI is InChI=1S/C6H4N2O2S/c9-6(10)4-3-7-8-1-2-11-5(4)8/h1-3H,(H,9,10). The molecule has 0 saturated carbocycles. The van der Waals surface area contributed by atoms with Gasteiger partial charge < -0.3 is 5.11 Å². The Bertz CT molecular complexity index is 403. The summed E-state index contributed by atoms with van der Waals surface area (Å²) in [4.78, 5) is 11.2. The number of carboxylic acid groups (broad SMARTS) is 1. The van der Waals surface area contributed by atoms with Crippen molar-refractivity contribution in [1.82, 2.24) is 9.61 Å². The Labute approximate surface area is 65.7 Å². The molecule has 5 heteroatoms. The van der Waals surface area contributed by atoms with Gasteiger partial charge in [0.15, 0.2) is 0 Å². The highest BCUT2D eigenvalue weighted by Crippen LogP contribution is 2.15. The summed E-state index contributed by atoms with van der Waals surface area (Å²) >= 11 is 1.37. The van der Waals surface area contributed by atoms with Crippen molar-refractivity contribution < 1.29 is 9.90 Å². The number of aromatic carboxylic acids is 1. The van der Waals surface area contributed by atoms with Crippen molar-refractivity contribution in [1.29, 1.82) is 0 Å². The van der Waals surface area contributed by atoms with Crippen LogP contribution in [0.1, 0.15) is 10.4 Å². The minimum atomic E-state index is -0.928. The molecule has 0 radical (unpaired) electrons. The second-order valence-electron chi connectivity index (χ2n) is 2.02. The Balaban J connectivity index is 2.78. The summed E-state index contributed by atoms with van der Waals surface area (Å²) < 4.78 is 1.55. The van der Waals surface area contributed by atoms with E-state index >= 15 is 0 Å². The summed E-state index contributed by atoms with van der Waals surface area (Å²) in [5.41, 5.74) is 0.264. The molecule has 0 saturated heterocycles. The zero-order chi connectivity index (χ0) is 7.84. The Morgan fingerprint density at radius 3 is 3.27 bits per heavy atom. The maximum Gasteiger partial charge on any atom is 0.340 e. The van der Waals surface area contributed by atoms with Gasteiger partial charge >= 0.3 is 5.97 Å². The van der Waals surface area contributed by atoms with Crippen molar-refractivity contribution in [3.63, 3.8) is 0 Å². The zero-order valence-corrected chi connectivity index (χ0v) is 6.21. The normalized spacial score (nSPS) is 10.5. The lowest BCUT2D eigenvalue weighted by molar-refractivity contribution is 0.0699. The molecule has 0 fully saturated rings. The highest BCUT2D eigenvalue weighted by Gasteiger charge is 2.10. The molecular formula is C6H4N2O2S. The smallest absolute Gasteiger partial charge is 0.340 e. The van der Waals surface area contributed by atoms with Crippen molar-refractivity contribution in [2.75, 3.05) is 0 Å². The molecule has 0 atom stereocenters. The monoisotopic (exact) mass is 168 g/mol. The van der Waals surface area contributed by atoms with E-state index < -0.39 is 5.97 Å². The molecule has 0 aliphatic rings. The van der Waals surface area contributed by atoms with Crippen LogP contribution in [0.3, 0.4) is 0 Å². The molecule has 0 aliphatic carbocycles. The van der Waals surface area contributed by atoms with Crippen LogP contribution in [0.25, 0.3) is 4.83 Å². The van der Waals surface area contributed by atoms with E-state index in [1.54, 1.807) is 16.1 Å². The van der Waals surface area contributed by atoms with Gasteiger partial charge in [-0.05, 0) is 0 Å². The fourth-order valence-corrected chi connectivity index (χ4v) is 1.66. The molecule has 0 amide bonds. The third-order valence-corrected chi connectivity index (χ3v) is 2.25. The molecule has 0 aromatic carbocycles. The van der Waals surface area contributed by atoms with Crippen molar-refractivity contribution >= 4 is 22.1 Å². The molecule has 2 rings (SSSR count). The van der Waals surface area contributed by atoms with E-state index in [0.717, 1.165) is 0 Å². The Morgan fingerprint density at radius 2 is 2.55 bits per heavy atom. The zero-order valence-electron chi connectivity index (χ0n) is 5.39. The van der Waals surface area contributed by atoms with Crippen molar-refractivity contribution in [3.8, 4) is 0 Å². The van der Waals surface area contributed by atoms with E-state index in [2.05, 4.69) is 5.10 Å². The topological polar surface area (TPSA) is 54.6 Å². The first-order valence-electron chi connectivity index (χ1n) is 2.93. The number of thiazole rings is 1. The molecule has 1 N–H and O–H groups in total. The SMILES string of the molecule is O=C(O)c1cnn2ccsc12. The average Bonchev–Trinajstić information content (AvgIpc) is 2.41. The van der Waals surface area contributed by atoms with E-state index in [0.29, 0.717) is 4.83 Å². The lowest BCUT2D eigenvalue weighted by atomic mass is 10.4. The summed E-state index contributed by atoms with van der Waals surface area (Å²) in [6, 6.07) is 0. The minimum absolute atomic E-state index is 0.264. The Hall–Kier alpha value is -1.36. The van der Waals surface area contributed by atoms with Gasteiger partial charge in [-0.15, -0.1) is 11.3 Å². The molecule has 4 nitrogen and oxygen atoms in total. The molecule has 0 aliphatic heterocycles. The number of hydrogen-bond acceptors (Lipinski definition) is 3. The predicted octanol–water partition coefficient (Wildman–Crippen LogP) is 1.09. The van der Waals surface area contributed by atoms with Crippen LogP contribution in [0.4, 0.5) is 0 Å². The predicted molar refractivity (Wildman–Crippen MR) is 40.0 cm³/mol. The summed E-state index contributed by atoms with van der Waals surface area (Å²) in [6.45, 7) is 0. The molecule has 2 aromatic heterocycles. The van der Waals surface area contributed by atoms with Gasteiger partial charge in [0.05, 0.1) is 6.20 Å². The third-order valence-electron chi connectivity index (χ3n) is 1.36. The van der Waals surface area contributed by atoms with Gasteiger partial charge in [-0.3, -0.25) is 0 Å². The van der Waals surface area contributed by atoms with Crippen LogP contribution in [-0.2, 0) is 0 Å². The highest BCUT2D eigenvalue weighted by atomic mass is 32.1. The quantitative estimate of drug-likeness (QED) is 0.693. The number of fused-ring (bicyclic) bond motifs is 1. The van der Waals surface area contributed by atoms with Gasteiger partial charge in [-0.25, -0.2) is 9.31 Å². The number of carboxylic acids is 1. The van der Waals surface area contributed by atoms with E-state index in [9.17, 15) is 4.79 Å². The molecule has 2 aromatic rings. The minimum Gasteiger partial charge on any atom is -0.478 e. The van der Waals surface area contributed by atoms with E-state index in [4.69, 9.17) is 5.11 Å². The lowest BCUT2D eigenvalue weighted by Crippen LogP contribution is -1.92. The second kappa shape index (κ2) is 2.06. The van der Waals surface area contributed by atoms with Gasteiger partial charge in [0.1, 0.15) is 10.4 Å². The molecule has 0 bridgehead atoms. The van der Waals surface area contributed by atoms with Crippen LogP contribution in [0.2, 0.25) is 0 Å².